The summed E-state index contributed by atoms with van der Waals surface area (Å²) in [5.41, 5.74) is 4.93. The molecule has 0 spiro atoms. The molecule has 0 radical (unpaired) electrons. The number of benzene rings is 3. The van der Waals surface area contributed by atoms with Gasteiger partial charge in [0.1, 0.15) is 11.8 Å². The standard InChI is InChI=1S/C14H12BrN3O.C11H10O2/c1-16-11-5-2-9(3-6-11)14-17-12-7-4-10(15)8-13(12)18(14)19;1-9(13)11-6-4-10(5-7-11)3-2-8-12/h2-8,16,19H,1H3;2-8H,1H3/b;3-2+. The smallest absolute Gasteiger partial charge is 0.176 e. The number of hydrogen-bond acceptors (Lipinski definition) is 5. The van der Waals surface area contributed by atoms with Crippen LogP contribution in [-0.2, 0) is 4.79 Å². The van der Waals surface area contributed by atoms with Gasteiger partial charge in [-0.05, 0) is 61.0 Å². The van der Waals surface area contributed by atoms with Crippen LogP contribution in [0.1, 0.15) is 22.8 Å². The highest BCUT2D eigenvalue weighted by molar-refractivity contribution is 9.10. The van der Waals surface area contributed by atoms with Crippen LogP contribution >= 0.6 is 15.9 Å². The van der Waals surface area contributed by atoms with E-state index >= 15 is 0 Å². The Morgan fingerprint density at radius 1 is 1.06 bits per heavy atom. The third-order valence-corrected chi connectivity index (χ3v) is 5.20. The normalized spacial score (nSPS) is 10.6. The summed E-state index contributed by atoms with van der Waals surface area (Å²) < 4.78 is 2.03. The molecule has 0 unspecified atom stereocenters. The molecule has 2 N–H and O–H groups in total. The fraction of sp³-hybridized carbons (Fsp3) is 0.0800. The molecule has 7 heteroatoms. The van der Waals surface area contributed by atoms with Crippen LogP contribution in [0.3, 0.4) is 0 Å². The third-order valence-electron chi connectivity index (χ3n) is 4.71. The number of aldehydes is 1. The molecule has 0 atom stereocenters. The molecule has 0 amide bonds. The van der Waals surface area contributed by atoms with Crippen molar-refractivity contribution in [3.8, 4) is 11.4 Å². The minimum absolute atomic E-state index is 0.0471. The Morgan fingerprint density at radius 2 is 1.75 bits per heavy atom. The number of aromatic nitrogens is 2. The minimum Gasteiger partial charge on any atom is -0.426 e. The topological polar surface area (TPSA) is 84.2 Å². The maximum absolute atomic E-state index is 10.9. The SMILES string of the molecule is CC(=O)c1ccc(/C=C/C=O)cc1.CNc1ccc(-c2nc3ccc(Br)cc3n2O)cc1. The van der Waals surface area contributed by atoms with E-state index in [9.17, 15) is 14.8 Å². The molecule has 0 bridgehead atoms. The molecule has 0 aliphatic heterocycles. The zero-order valence-corrected chi connectivity index (χ0v) is 19.2. The molecule has 4 rings (SSSR count). The molecule has 0 aliphatic carbocycles. The quantitative estimate of drug-likeness (QED) is 0.158. The van der Waals surface area contributed by atoms with Crippen LogP contribution in [-0.4, -0.2) is 34.0 Å². The second-order valence-electron chi connectivity index (χ2n) is 6.88. The molecule has 4 aromatic rings. The van der Waals surface area contributed by atoms with Gasteiger partial charge in [0.15, 0.2) is 11.6 Å². The number of imidazole rings is 1. The Kier molecular flexibility index (Phi) is 7.57. The number of fused-ring (bicyclic) bond motifs is 1. The van der Waals surface area contributed by atoms with Crippen molar-refractivity contribution >= 4 is 50.8 Å². The van der Waals surface area contributed by atoms with E-state index in [1.165, 1.54) is 13.0 Å². The van der Waals surface area contributed by atoms with Gasteiger partial charge in [-0.1, -0.05) is 46.3 Å². The first kappa shape index (κ1) is 23.0. The summed E-state index contributed by atoms with van der Waals surface area (Å²) in [6, 6.07) is 20.5. The Balaban J connectivity index is 0.000000195. The van der Waals surface area contributed by atoms with Crippen molar-refractivity contribution < 1.29 is 14.8 Å². The highest BCUT2D eigenvalue weighted by Crippen LogP contribution is 2.26. The maximum Gasteiger partial charge on any atom is 0.176 e. The van der Waals surface area contributed by atoms with E-state index in [1.807, 2.05) is 49.5 Å². The summed E-state index contributed by atoms with van der Waals surface area (Å²) in [6.07, 6.45) is 3.83. The van der Waals surface area contributed by atoms with Crippen LogP contribution in [0.5, 0.6) is 0 Å². The minimum atomic E-state index is 0.0471. The van der Waals surface area contributed by atoms with Gasteiger partial charge in [0.25, 0.3) is 0 Å². The van der Waals surface area contributed by atoms with Crippen LogP contribution in [0.25, 0.3) is 28.5 Å². The first-order valence-corrected chi connectivity index (χ1v) is 10.6. The van der Waals surface area contributed by atoms with Gasteiger partial charge in [-0.25, -0.2) is 4.98 Å². The Morgan fingerprint density at radius 3 is 2.34 bits per heavy atom. The predicted octanol–water partition coefficient (Wildman–Crippen LogP) is 5.85. The van der Waals surface area contributed by atoms with Crippen molar-refractivity contribution in [2.75, 3.05) is 12.4 Å². The van der Waals surface area contributed by atoms with E-state index in [-0.39, 0.29) is 5.78 Å². The molecule has 1 aromatic heterocycles. The highest BCUT2D eigenvalue weighted by Gasteiger charge is 2.12. The second-order valence-corrected chi connectivity index (χ2v) is 7.80. The molecule has 0 saturated carbocycles. The van der Waals surface area contributed by atoms with Gasteiger partial charge in [-0.2, -0.15) is 4.73 Å². The number of allylic oxidation sites excluding steroid dienone is 1. The number of anilines is 1. The number of hydrogen-bond donors (Lipinski definition) is 2. The van der Waals surface area contributed by atoms with Gasteiger partial charge in [-0.15, -0.1) is 0 Å². The van der Waals surface area contributed by atoms with E-state index in [0.29, 0.717) is 16.9 Å². The van der Waals surface area contributed by atoms with Crippen LogP contribution in [0.15, 0.2) is 77.3 Å². The molecule has 1 heterocycles. The fourth-order valence-electron chi connectivity index (χ4n) is 2.99. The molecule has 3 aromatic carbocycles. The van der Waals surface area contributed by atoms with E-state index in [2.05, 4.69) is 26.2 Å². The van der Waals surface area contributed by atoms with E-state index in [0.717, 1.165) is 37.8 Å². The number of carbonyl (C=O) groups excluding carboxylic acids is 2. The Labute approximate surface area is 194 Å². The van der Waals surface area contributed by atoms with Gasteiger partial charge in [0.2, 0.25) is 0 Å². The van der Waals surface area contributed by atoms with Crippen LogP contribution < -0.4 is 5.32 Å². The lowest BCUT2D eigenvalue weighted by molar-refractivity contribution is -0.104. The Hall–Kier alpha value is -3.71. The molecule has 0 saturated heterocycles. The van der Waals surface area contributed by atoms with Crippen molar-refractivity contribution in [1.29, 1.82) is 0 Å². The molecular weight excluding hydrogens is 470 g/mol. The summed E-state index contributed by atoms with van der Waals surface area (Å²) in [7, 11) is 1.87. The predicted molar refractivity (Wildman–Crippen MR) is 131 cm³/mol. The van der Waals surface area contributed by atoms with Crippen molar-refractivity contribution in [1.82, 2.24) is 9.71 Å². The first-order valence-electron chi connectivity index (χ1n) is 9.81. The summed E-state index contributed by atoms with van der Waals surface area (Å²) in [5, 5.41) is 13.3. The van der Waals surface area contributed by atoms with Crippen molar-refractivity contribution in [2.45, 2.75) is 6.92 Å². The van der Waals surface area contributed by atoms with Gasteiger partial charge >= 0.3 is 0 Å². The molecule has 32 heavy (non-hydrogen) atoms. The lowest BCUT2D eigenvalue weighted by Crippen LogP contribution is -1.94. The molecule has 6 nitrogen and oxygen atoms in total. The van der Waals surface area contributed by atoms with Crippen molar-refractivity contribution in [2.24, 2.45) is 0 Å². The summed E-state index contributed by atoms with van der Waals surface area (Å²) in [4.78, 5) is 25.4. The monoisotopic (exact) mass is 491 g/mol. The molecular formula is C25H22BrN3O3. The number of Topliss-reactive ketones (excluding diaryl/α,β-unsaturated/α-hetero) is 1. The summed E-state index contributed by atoms with van der Waals surface area (Å²) in [5.74, 6) is 0.585. The summed E-state index contributed by atoms with van der Waals surface area (Å²) in [6.45, 7) is 1.52. The molecule has 0 fully saturated rings. The van der Waals surface area contributed by atoms with Crippen molar-refractivity contribution in [3.05, 3.63) is 88.4 Å². The average Bonchev–Trinajstić information content (AvgIpc) is 3.14. The van der Waals surface area contributed by atoms with E-state index in [1.54, 1.807) is 30.3 Å². The fourth-order valence-corrected chi connectivity index (χ4v) is 3.34. The Bertz CT molecular complexity index is 1260. The van der Waals surface area contributed by atoms with E-state index in [4.69, 9.17) is 0 Å². The van der Waals surface area contributed by atoms with Gasteiger partial charge in [0, 0.05) is 28.3 Å². The third kappa shape index (κ3) is 5.50. The molecule has 0 aliphatic rings. The number of halogens is 1. The zero-order valence-electron chi connectivity index (χ0n) is 17.6. The van der Waals surface area contributed by atoms with Gasteiger partial charge in [0.05, 0.1) is 5.52 Å². The number of rotatable bonds is 5. The number of nitrogens with one attached hydrogen (secondary N) is 1. The van der Waals surface area contributed by atoms with Crippen molar-refractivity contribution in [3.63, 3.8) is 0 Å². The van der Waals surface area contributed by atoms with Gasteiger partial charge < -0.3 is 10.5 Å². The largest absolute Gasteiger partial charge is 0.426 e. The summed E-state index contributed by atoms with van der Waals surface area (Å²) >= 11 is 3.39. The number of ketones is 1. The van der Waals surface area contributed by atoms with Gasteiger partial charge in [-0.3, -0.25) is 9.59 Å². The van der Waals surface area contributed by atoms with Crippen LogP contribution in [0.2, 0.25) is 0 Å². The number of nitrogens with zero attached hydrogens (tertiary/aromatic N) is 2. The van der Waals surface area contributed by atoms with Crippen LogP contribution in [0.4, 0.5) is 5.69 Å². The zero-order chi connectivity index (χ0) is 23.1. The van der Waals surface area contributed by atoms with Crippen LogP contribution in [0, 0.1) is 0 Å². The van der Waals surface area contributed by atoms with E-state index < -0.39 is 0 Å². The first-order chi connectivity index (χ1) is 15.4. The highest BCUT2D eigenvalue weighted by atomic mass is 79.9. The lowest BCUT2D eigenvalue weighted by Gasteiger charge is -2.03. The second kappa shape index (κ2) is 10.5. The number of carbonyl (C=O) groups is 2. The average molecular weight is 492 g/mol. The molecule has 162 valence electrons. The maximum atomic E-state index is 10.9. The lowest BCUT2D eigenvalue weighted by atomic mass is 10.1.